The van der Waals surface area contributed by atoms with E-state index in [9.17, 15) is 0 Å². The fourth-order valence-corrected chi connectivity index (χ4v) is 3.74. The van der Waals surface area contributed by atoms with Gasteiger partial charge in [0.2, 0.25) is 0 Å². The molecule has 1 aromatic carbocycles. The lowest BCUT2D eigenvalue weighted by Gasteiger charge is -2.26. The van der Waals surface area contributed by atoms with Gasteiger partial charge in [0.15, 0.2) is 16.4 Å². The quantitative estimate of drug-likeness (QED) is 0.475. The highest BCUT2D eigenvalue weighted by molar-refractivity contribution is 7.71. The first-order valence-corrected chi connectivity index (χ1v) is 11.0. The Balaban J connectivity index is 1.34. The number of morpholine rings is 1. The first-order valence-electron chi connectivity index (χ1n) is 10.6. The molecule has 166 valence electrons. The first kappa shape index (κ1) is 21.6. The maximum Gasteiger partial charge on any atom is 0.198 e. The number of aromatic nitrogens is 3. The van der Waals surface area contributed by atoms with Crippen molar-refractivity contribution in [1.82, 2.24) is 19.7 Å². The topological polar surface area (TPSA) is 77.7 Å². The van der Waals surface area contributed by atoms with Crippen LogP contribution in [0.1, 0.15) is 19.1 Å². The number of rotatable bonds is 10. The van der Waals surface area contributed by atoms with Crippen LogP contribution in [0.15, 0.2) is 40.8 Å². The lowest BCUT2D eigenvalue weighted by Crippen LogP contribution is -2.37. The van der Waals surface area contributed by atoms with Crippen molar-refractivity contribution < 1.29 is 18.6 Å². The SMILES string of the molecule is CCOc1ccc(OCc2ccc(-c3n[nH]c(=S)n3CCCN3CCOCC3)o2)cc1. The lowest BCUT2D eigenvalue weighted by atomic mass is 10.3. The number of benzene rings is 1. The molecule has 0 spiro atoms. The van der Waals surface area contributed by atoms with E-state index in [1.807, 2.05) is 47.9 Å². The van der Waals surface area contributed by atoms with Crippen molar-refractivity contribution in [2.24, 2.45) is 0 Å². The van der Waals surface area contributed by atoms with E-state index in [2.05, 4.69) is 15.1 Å². The van der Waals surface area contributed by atoms with E-state index in [-0.39, 0.29) is 0 Å². The predicted molar refractivity (Wildman–Crippen MR) is 119 cm³/mol. The molecule has 1 N–H and O–H groups in total. The van der Waals surface area contributed by atoms with Crippen molar-refractivity contribution >= 4 is 12.2 Å². The van der Waals surface area contributed by atoms with Gasteiger partial charge in [-0.15, -0.1) is 0 Å². The summed E-state index contributed by atoms with van der Waals surface area (Å²) in [6.45, 7) is 8.31. The van der Waals surface area contributed by atoms with Crippen molar-refractivity contribution in [2.75, 3.05) is 39.5 Å². The Morgan fingerprint density at radius 2 is 1.77 bits per heavy atom. The molecule has 3 aromatic rings. The number of aromatic amines is 1. The Labute approximate surface area is 186 Å². The van der Waals surface area contributed by atoms with E-state index < -0.39 is 0 Å². The second-order valence-corrected chi connectivity index (χ2v) is 7.66. The van der Waals surface area contributed by atoms with Crippen molar-refractivity contribution in [3.05, 3.63) is 46.9 Å². The van der Waals surface area contributed by atoms with E-state index >= 15 is 0 Å². The molecule has 0 atom stereocenters. The zero-order valence-electron chi connectivity index (χ0n) is 17.7. The normalized spacial score (nSPS) is 14.6. The van der Waals surface area contributed by atoms with Crippen LogP contribution >= 0.6 is 12.2 Å². The van der Waals surface area contributed by atoms with Gasteiger partial charge in [0.25, 0.3) is 0 Å². The summed E-state index contributed by atoms with van der Waals surface area (Å²) in [6, 6.07) is 11.4. The summed E-state index contributed by atoms with van der Waals surface area (Å²) in [5.74, 6) is 3.68. The Hall–Kier alpha value is -2.62. The average molecular weight is 445 g/mol. The van der Waals surface area contributed by atoms with Crippen molar-refractivity contribution in [3.63, 3.8) is 0 Å². The molecule has 0 saturated carbocycles. The van der Waals surface area contributed by atoms with Crippen LogP contribution in [0.4, 0.5) is 0 Å². The Morgan fingerprint density at radius 3 is 2.52 bits per heavy atom. The van der Waals surface area contributed by atoms with E-state index in [1.165, 1.54) is 0 Å². The molecular weight excluding hydrogens is 416 g/mol. The van der Waals surface area contributed by atoms with Gasteiger partial charge < -0.3 is 18.6 Å². The van der Waals surface area contributed by atoms with Crippen molar-refractivity contribution in [1.29, 1.82) is 0 Å². The minimum atomic E-state index is 0.330. The predicted octanol–water partition coefficient (Wildman–Crippen LogP) is 3.90. The standard InChI is InChI=1S/C22H28N4O4S/c1-2-28-17-4-6-18(7-5-17)29-16-19-8-9-20(30-19)21-23-24-22(31)26(21)11-3-10-25-12-14-27-15-13-25/h4-9H,2-3,10-16H2,1H3,(H,24,31). The van der Waals surface area contributed by atoms with Crippen molar-refractivity contribution in [3.8, 4) is 23.1 Å². The van der Waals surface area contributed by atoms with Crippen LogP contribution in [0.2, 0.25) is 0 Å². The van der Waals surface area contributed by atoms with Crippen LogP contribution in [0.25, 0.3) is 11.6 Å². The smallest absolute Gasteiger partial charge is 0.198 e. The largest absolute Gasteiger partial charge is 0.494 e. The lowest BCUT2D eigenvalue weighted by molar-refractivity contribution is 0.0369. The van der Waals surface area contributed by atoms with Gasteiger partial charge in [0.05, 0.1) is 19.8 Å². The number of H-pyrrole nitrogens is 1. The second-order valence-electron chi connectivity index (χ2n) is 7.27. The fraction of sp³-hybridized carbons (Fsp3) is 0.455. The van der Waals surface area contributed by atoms with Gasteiger partial charge >= 0.3 is 0 Å². The molecule has 4 rings (SSSR count). The summed E-state index contributed by atoms with van der Waals surface area (Å²) in [6.07, 6.45) is 0.981. The number of nitrogens with one attached hydrogen (secondary N) is 1. The highest BCUT2D eigenvalue weighted by atomic mass is 32.1. The molecule has 8 nitrogen and oxygen atoms in total. The maximum absolute atomic E-state index is 5.98. The van der Waals surface area contributed by atoms with Gasteiger partial charge in [0.1, 0.15) is 23.9 Å². The zero-order valence-corrected chi connectivity index (χ0v) is 18.5. The third kappa shape index (κ3) is 5.75. The minimum absolute atomic E-state index is 0.330. The molecule has 3 heterocycles. The molecule has 9 heteroatoms. The van der Waals surface area contributed by atoms with Crippen LogP contribution in [0, 0.1) is 4.77 Å². The van der Waals surface area contributed by atoms with Crippen LogP contribution in [0.3, 0.4) is 0 Å². The third-order valence-corrected chi connectivity index (χ3v) is 5.43. The minimum Gasteiger partial charge on any atom is -0.494 e. The molecule has 0 radical (unpaired) electrons. The number of hydrogen-bond donors (Lipinski definition) is 1. The molecule has 31 heavy (non-hydrogen) atoms. The summed E-state index contributed by atoms with van der Waals surface area (Å²) in [4.78, 5) is 2.41. The van der Waals surface area contributed by atoms with Crippen molar-refractivity contribution in [2.45, 2.75) is 26.5 Å². The Kier molecular flexibility index (Phi) is 7.39. The van der Waals surface area contributed by atoms with Gasteiger partial charge in [-0.25, -0.2) is 0 Å². The van der Waals surface area contributed by atoms with E-state index in [4.69, 9.17) is 30.8 Å². The molecule has 1 aliphatic rings. The molecule has 0 unspecified atom stereocenters. The molecule has 1 aliphatic heterocycles. The summed E-state index contributed by atoms with van der Waals surface area (Å²) >= 11 is 5.43. The maximum atomic E-state index is 5.98. The van der Waals surface area contributed by atoms with Crippen LogP contribution in [0.5, 0.6) is 11.5 Å². The van der Waals surface area contributed by atoms with Crippen LogP contribution in [-0.4, -0.2) is 59.1 Å². The Bertz CT molecular complexity index is 1010. The van der Waals surface area contributed by atoms with Gasteiger partial charge in [-0.05, 0) is 62.0 Å². The number of ether oxygens (including phenoxy) is 3. The number of furan rings is 1. The Morgan fingerprint density at radius 1 is 1.03 bits per heavy atom. The number of hydrogen-bond acceptors (Lipinski definition) is 7. The summed E-state index contributed by atoms with van der Waals surface area (Å²) in [5, 5.41) is 7.26. The van der Waals surface area contributed by atoms with E-state index in [0.717, 1.165) is 63.1 Å². The van der Waals surface area contributed by atoms with Crippen LogP contribution in [-0.2, 0) is 17.9 Å². The van der Waals surface area contributed by atoms with Gasteiger partial charge in [-0.1, -0.05) is 0 Å². The molecular formula is C22H28N4O4S. The molecule has 1 saturated heterocycles. The number of nitrogens with zero attached hydrogens (tertiary/aromatic N) is 3. The third-order valence-electron chi connectivity index (χ3n) is 5.12. The summed E-state index contributed by atoms with van der Waals surface area (Å²) < 4.78 is 25.2. The van der Waals surface area contributed by atoms with E-state index in [1.54, 1.807) is 0 Å². The summed E-state index contributed by atoms with van der Waals surface area (Å²) in [7, 11) is 0. The van der Waals surface area contributed by atoms with Gasteiger partial charge in [0, 0.05) is 26.2 Å². The first-order chi connectivity index (χ1) is 15.2. The monoisotopic (exact) mass is 444 g/mol. The molecule has 0 aliphatic carbocycles. The highest BCUT2D eigenvalue weighted by Gasteiger charge is 2.15. The molecule has 0 bridgehead atoms. The summed E-state index contributed by atoms with van der Waals surface area (Å²) in [5.41, 5.74) is 0. The highest BCUT2D eigenvalue weighted by Crippen LogP contribution is 2.23. The average Bonchev–Trinajstić information content (AvgIpc) is 3.41. The van der Waals surface area contributed by atoms with E-state index in [0.29, 0.717) is 29.6 Å². The fourth-order valence-electron chi connectivity index (χ4n) is 3.52. The van der Waals surface area contributed by atoms with Crippen LogP contribution < -0.4 is 9.47 Å². The molecule has 0 amide bonds. The van der Waals surface area contributed by atoms with Gasteiger partial charge in [-0.3, -0.25) is 14.6 Å². The molecule has 2 aromatic heterocycles. The zero-order chi connectivity index (χ0) is 21.5. The second kappa shape index (κ2) is 10.6. The van der Waals surface area contributed by atoms with Gasteiger partial charge in [-0.2, -0.15) is 5.10 Å². The molecule has 1 fully saturated rings.